The summed E-state index contributed by atoms with van der Waals surface area (Å²) in [6, 6.07) is 5.24. The lowest BCUT2D eigenvalue weighted by atomic mass is 10.1. The molecule has 7 heteroatoms. The number of carbonyl (C=O) groups excluding carboxylic acids is 2. The first-order chi connectivity index (χ1) is 12.6. The van der Waals surface area contributed by atoms with Crippen LogP contribution < -0.4 is 9.47 Å². The average molecular weight is 364 g/mol. The van der Waals surface area contributed by atoms with Crippen molar-refractivity contribution in [3.05, 3.63) is 23.8 Å². The van der Waals surface area contributed by atoms with Gasteiger partial charge in [-0.3, -0.25) is 4.79 Å². The number of piperazine rings is 1. The highest BCUT2D eigenvalue weighted by molar-refractivity contribution is 5.95. The number of hydrogen-bond acceptors (Lipinski definition) is 5. The molecule has 1 aromatic rings. The number of rotatable bonds is 7. The van der Waals surface area contributed by atoms with Crippen molar-refractivity contribution in [1.29, 1.82) is 0 Å². The van der Waals surface area contributed by atoms with Crippen LogP contribution in [0.3, 0.4) is 0 Å². The normalized spacial score (nSPS) is 14.1. The van der Waals surface area contributed by atoms with E-state index in [9.17, 15) is 9.59 Å². The summed E-state index contributed by atoms with van der Waals surface area (Å²) in [6.45, 7) is 6.76. The summed E-state index contributed by atoms with van der Waals surface area (Å²) in [5, 5.41) is 0. The smallest absolute Gasteiger partial charge is 0.409 e. The fourth-order valence-electron chi connectivity index (χ4n) is 2.74. The van der Waals surface area contributed by atoms with Gasteiger partial charge in [0, 0.05) is 31.7 Å². The van der Waals surface area contributed by atoms with E-state index in [4.69, 9.17) is 14.2 Å². The molecule has 0 radical (unpaired) electrons. The average Bonchev–Trinajstić information content (AvgIpc) is 2.68. The maximum Gasteiger partial charge on any atom is 0.409 e. The molecule has 1 aliphatic heterocycles. The van der Waals surface area contributed by atoms with Crippen molar-refractivity contribution >= 4 is 12.0 Å². The molecule has 2 rings (SSSR count). The van der Waals surface area contributed by atoms with Gasteiger partial charge in [0.1, 0.15) is 0 Å². The number of hydrogen-bond donors (Lipinski definition) is 0. The van der Waals surface area contributed by atoms with Gasteiger partial charge in [0.2, 0.25) is 0 Å². The summed E-state index contributed by atoms with van der Waals surface area (Å²) < 4.78 is 16.1. The number of amides is 2. The van der Waals surface area contributed by atoms with E-state index < -0.39 is 0 Å². The van der Waals surface area contributed by atoms with Crippen molar-refractivity contribution in [2.45, 2.75) is 26.7 Å². The minimum atomic E-state index is -0.324. The topological polar surface area (TPSA) is 68.3 Å². The van der Waals surface area contributed by atoms with Crippen LogP contribution in [0.4, 0.5) is 4.79 Å². The predicted octanol–water partition coefficient (Wildman–Crippen LogP) is 2.79. The minimum absolute atomic E-state index is 0.0769. The molecule has 7 nitrogen and oxygen atoms in total. The fourth-order valence-corrected chi connectivity index (χ4v) is 2.74. The summed E-state index contributed by atoms with van der Waals surface area (Å²) in [4.78, 5) is 27.8. The Labute approximate surface area is 154 Å². The Morgan fingerprint density at radius 3 is 2.35 bits per heavy atom. The molecule has 1 saturated heterocycles. The quantitative estimate of drug-likeness (QED) is 0.696. The van der Waals surface area contributed by atoms with Crippen LogP contribution in [0, 0.1) is 0 Å². The van der Waals surface area contributed by atoms with Gasteiger partial charge in [-0.2, -0.15) is 0 Å². The Balaban J connectivity index is 1.98. The maximum absolute atomic E-state index is 12.7. The lowest BCUT2D eigenvalue weighted by molar-refractivity contribution is 0.0570. The van der Waals surface area contributed by atoms with Crippen molar-refractivity contribution in [1.82, 2.24) is 9.80 Å². The minimum Gasteiger partial charge on any atom is -0.493 e. The zero-order valence-corrected chi connectivity index (χ0v) is 15.8. The third-order valence-corrected chi connectivity index (χ3v) is 4.26. The van der Waals surface area contributed by atoms with E-state index in [2.05, 4.69) is 6.92 Å². The maximum atomic E-state index is 12.7. The Bertz CT molecular complexity index is 612. The Hall–Kier alpha value is -2.44. The zero-order valence-electron chi connectivity index (χ0n) is 15.8. The van der Waals surface area contributed by atoms with Crippen LogP contribution >= 0.6 is 0 Å². The number of carbonyl (C=O) groups is 2. The standard InChI is InChI=1S/C19H28N2O5/c1-4-6-13-26-16-8-7-15(14-17(16)24-3)18(22)20-9-11-21(12-10-20)19(23)25-5-2/h7-8,14H,4-6,9-13H2,1-3H3. The van der Waals surface area contributed by atoms with Crippen LogP contribution in [0.2, 0.25) is 0 Å². The van der Waals surface area contributed by atoms with Gasteiger partial charge in [-0.1, -0.05) is 13.3 Å². The SMILES string of the molecule is CCCCOc1ccc(C(=O)N2CCN(C(=O)OCC)CC2)cc1OC. The molecule has 0 bridgehead atoms. The van der Waals surface area contributed by atoms with E-state index in [-0.39, 0.29) is 12.0 Å². The van der Waals surface area contributed by atoms with E-state index in [1.165, 1.54) is 0 Å². The third kappa shape index (κ3) is 5.03. The van der Waals surface area contributed by atoms with Crippen LogP contribution in [0.25, 0.3) is 0 Å². The molecule has 0 saturated carbocycles. The first-order valence-electron chi connectivity index (χ1n) is 9.12. The number of ether oxygens (including phenoxy) is 3. The molecule has 144 valence electrons. The molecular weight excluding hydrogens is 336 g/mol. The second kappa shape index (κ2) is 9.89. The Kier molecular flexibility index (Phi) is 7.56. The highest BCUT2D eigenvalue weighted by atomic mass is 16.6. The van der Waals surface area contributed by atoms with E-state index in [1.54, 1.807) is 42.0 Å². The summed E-state index contributed by atoms with van der Waals surface area (Å²) in [5.41, 5.74) is 0.550. The van der Waals surface area contributed by atoms with Crippen molar-refractivity contribution in [2.24, 2.45) is 0 Å². The van der Waals surface area contributed by atoms with E-state index in [1.807, 2.05) is 0 Å². The van der Waals surface area contributed by atoms with Crippen molar-refractivity contribution in [3.8, 4) is 11.5 Å². The Morgan fingerprint density at radius 1 is 1.04 bits per heavy atom. The van der Waals surface area contributed by atoms with Crippen LogP contribution in [0.5, 0.6) is 11.5 Å². The first-order valence-corrected chi connectivity index (χ1v) is 9.12. The van der Waals surface area contributed by atoms with Crippen molar-refractivity contribution < 1.29 is 23.8 Å². The van der Waals surface area contributed by atoms with Gasteiger partial charge in [-0.05, 0) is 31.5 Å². The second-order valence-corrected chi connectivity index (χ2v) is 6.05. The fraction of sp³-hybridized carbons (Fsp3) is 0.579. The number of unbranched alkanes of at least 4 members (excludes halogenated alkanes) is 1. The van der Waals surface area contributed by atoms with E-state index in [0.29, 0.717) is 56.5 Å². The molecular formula is C19H28N2O5. The summed E-state index contributed by atoms with van der Waals surface area (Å²) in [7, 11) is 1.56. The first kappa shape index (κ1) is 19.9. The monoisotopic (exact) mass is 364 g/mol. The van der Waals surface area contributed by atoms with Gasteiger partial charge >= 0.3 is 6.09 Å². The molecule has 1 fully saturated rings. The van der Waals surface area contributed by atoms with Crippen LogP contribution in [-0.2, 0) is 4.74 Å². The van der Waals surface area contributed by atoms with E-state index >= 15 is 0 Å². The third-order valence-electron chi connectivity index (χ3n) is 4.26. The van der Waals surface area contributed by atoms with Gasteiger partial charge < -0.3 is 24.0 Å². The Morgan fingerprint density at radius 2 is 1.73 bits per heavy atom. The predicted molar refractivity (Wildman–Crippen MR) is 97.9 cm³/mol. The molecule has 2 amide bonds. The second-order valence-electron chi connectivity index (χ2n) is 6.05. The molecule has 0 unspecified atom stereocenters. The molecule has 0 aromatic heterocycles. The van der Waals surface area contributed by atoms with Gasteiger partial charge in [0.25, 0.3) is 5.91 Å². The van der Waals surface area contributed by atoms with Crippen LogP contribution in [-0.4, -0.2) is 68.3 Å². The molecule has 1 aliphatic rings. The lowest BCUT2D eigenvalue weighted by Gasteiger charge is -2.34. The van der Waals surface area contributed by atoms with Crippen LogP contribution in [0.15, 0.2) is 18.2 Å². The summed E-state index contributed by atoms with van der Waals surface area (Å²) in [5.74, 6) is 1.12. The zero-order chi connectivity index (χ0) is 18.9. The number of methoxy groups -OCH3 is 1. The largest absolute Gasteiger partial charge is 0.493 e. The molecule has 1 heterocycles. The lowest BCUT2D eigenvalue weighted by Crippen LogP contribution is -2.50. The molecule has 0 aliphatic carbocycles. The summed E-state index contributed by atoms with van der Waals surface area (Å²) in [6.07, 6.45) is 1.69. The molecule has 1 aromatic carbocycles. The highest BCUT2D eigenvalue weighted by Gasteiger charge is 2.26. The number of benzene rings is 1. The van der Waals surface area contributed by atoms with Crippen molar-refractivity contribution in [2.75, 3.05) is 46.5 Å². The molecule has 26 heavy (non-hydrogen) atoms. The van der Waals surface area contributed by atoms with Gasteiger partial charge in [0.05, 0.1) is 20.3 Å². The van der Waals surface area contributed by atoms with Gasteiger partial charge in [0.15, 0.2) is 11.5 Å². The highest BCUT2D eigenvalue weighted by Crippen LogP contribution is 2.29. The van der Waals surface area contributed by atoms with Gasteiger partial charge in [-0.15, -0.1) is 0 Å². The van der Waals surface area contributed by atoms with Crippen molar-refractivity contribution in [3.63, 3.8) is 0 Å². The molecule has 0 spiro atoms. The molecule has 0 N–H and O–H groups in total. The van der Waals surface area contributed by atoms with Crippen LogP contribution in [0.1, 0.15) is 37.0 Å². The summed E-state index contributed by atoms with van der Waals surface area (Å²) >= 11 is 0. The van der Waals surface area contributed by atoms with E-state index in [0.717, 1.165) is 12.8 Å². The van der Waals surface area contributed by atoms with Gasteiger partial charge in [-0.25, -0.2) is 4.79 Å². The number of nitrogens with zero attached hydrogens (tertiary/aromatic N) is 2. The molecule has 0 atom stereocenters.